The molecule has 2 aromatic rings. The highest BCUT2D eigenvalue weighted by Gasteiger charge is 2.60. The third-order valence-corrected chi connectivity index (χ3v) is 10.3. The van der Waals surface area contributed by atoms with Crippen molar-refractivity contribution in [1.82, 2.24) is 24.6 Å². The molecule has 34 heavy (non-hydrogen) atoms. The van der Waals surface area contributed by atoms with Crippen molar-refractivity contribution in [3.05, 3.63) is 29.8 Å². The molecular formula is C23H28F3N5O2S. The van der Waals surface area contributed by atoms with Crippen LogP contribution in [0.15, 0.2) is 18.3 Å². The number of sulfone groups is 1. The van der Waals surface area contributed by atoms with Crippen molar-refractivity contribution >= 4 is 9.84 Å². The molecule has 4 heterocycles. The van der Waals surface area contributed by atoms with Gasteiger partial charge in [0.15, 0.2) is 9.84 Å². The topological polar surface area (TPSA) is 81.0 Å². The molecule has 11 heteroatoms. The lowest BCUT2D eigenvalue weighted by atomic mass is 9.91. The predicted octanol–water partition coefficient (Wildman–Crippen LogP) is 3.55. The fraction of sp³-hybridized carbons (Fsp3) is 0.696. The number of likely N-dealkylation sites (tertiary alicyclic amines) is 1. The van der Waals surface area contributed by atoms with E-state index < -0.39 is 21.8 Å². The standard InChI is InChI=1S/C23H28F3N5O2S/c1-13(2)31-19(9-18(29-31)17-3-5-27-21(28-17)23(24,25)26)20-15-7-14(8-16(15)20)30-6-4-22(10-30)11-34(32,33)12-22/h3,5,9,13-16,20H,4,6-8,10-12H2,1-2H3/t14-,15+,16-,20-. The third kappa shape index (κ3) is 3.66. The van der Waals surface area contributed by atoms with Gasteiger partial charge in [0.1, 0.15) is 5.69 Å². The Kier molecular flexibility index (Phi) is 4.79. The molecule has 4 atom stereocenters. The average molecular weight is 496 g/mol. The number of hydrogen-bond acceptors (Lipinski definition) is 6. The summed E-state index contributed by atoms with van der Waals surface area (Å²) in [7, 11) is -2.82. The largest absolute Gasteiger partial charge is 0.451 e. The van der Waals surface area contributed by atoms with Gasteiger partial charge in [0, 0.05) is 41.9 Å². The fourth-order valence-corrected chi connectivity index (χ4v) is 9.04. The molecule has 2 aromatic heterocycles. The van der Waals surface area contributed by atoms with Gasteiger partial charge < -0.3 is 0 Å². The van der Waals surface area contributed by atoms with Crippen LogP contribution in [0, 0.1) is 17.3 Å². The zero-order chi connectivity index (χ0) is 24.0. The number of nitrogens with zero attached hydrogens (tertiary/aromatic N) is 5. The van der Waals surface area contributed by atoms with Crippen molar-refractivity contribution in [2.75, 3.05) is 24.6 Å². The summed E-state index contributed by atoms with van der Waals surface area (Å²) < 4.78 is 64.6. The third-order valence-electron chi connectivity index (χ3n) is 8.22. The summed E-state index contributed by atoms with van der Waals surface area (Å²) in [5.41, 5.74) is 1.70. The molecule has 2 aliphatic heterocycles. The Hall–Kier alpha value is -2.01. The van der Waals surface area contributed by atoms with E-state index in [9.17, 15) is 21.6 Å². The van der Waals surface area contributed by atoms with Gasteiger partial charge in [-0.05, 0) is 63.6 Å². The lowest BCUT2D eigenvalue weighted by Crippen LogP contribution is -2.50. The van der Waals surface area contributed by atoms with Crippen molar-refractivity contribution in [2.45, 2.75) is 57.3 Å². The Morgan fingerprint density at radius 1 is 1.15 bits per heavy atom. The maximum Gasteiger partial charge on any atom is 0.451 e. The average Bonchev–Trinajstić information content (AvgIpc) is 3.18. The number of halogens is 3. The Bertz CT molecular complexity index is 1220. The van der Waals surface area contributed by atoms with Gasteiger partial charge >= 0.3 is 6.18 Å². The number of aromatic nitrogens is 4. The lowest BCUT2D eigenvalue weighted by Gasteiger charge is -2.38. The second-order valence-electron chi connectivity index (χ2n) is 11.0. The van der Waals surface area contributed by atoms with Crippen LogP contribution in [-0.2, 0) is 16.0 Å². The number of alkyl halides is 3. The van der Waals surface area contributed by atoms with E-state index in [0.717, 1.165) is 44.2 Å². The van der Waals surface area contributed by atoms with Crippen LogP contribution >= 0.6 is 0 Å². The molecule has 2 saturated carbocycles. The van der Waals surface area contributed by atoms with E-state index >= 15 is 0 Å². The normalized spacial score (nSPS) is 31.7. The maximum absolute atomic E-state index is 13.1. The first-order valence-corrected chi connectivity index (χ1v) is 13.7. The number of fused-ring (bicyclic) bond motifs is 1. The van der Waals surface area contributed by atoms with E-state index in [1.54, 1.807) is 0 Å². The minimum Gasteiger partial charge on any atom is -0.300 e. The minimum atomic E-state index is -4.60. The van der Waals surface area contributed by atoms with Gasteiger partial charge in [-0.1, -0.05) is 0 Å². The van der Waals surface area contributed by atoms with Crippen LogP contribution in [0.1, 0.15) is 56.6 Å². The summed E-state index contributed by atoms with van der Waals surface area (Å²) in [4.78, 5) is 9.58. The number of hydrogen-bond donors (Lipinski definition) is 0. The molecule has 0 bridgehead atoms. The molecule has 6 rings (SSSR count). The molecule has 1 spiro atoms. The van der Waals surface area contributed by atoms with Crippen molar-refractivity contribution < 1.29 is 21.6 Å². The molecule has 0 amide bonds. The van der Waals surface area contributed by atoms with Crippen molar-refractivity contribution in [1.29, 1.82) is 0 Å². The summed E-state index contributed by atoms with van der Waals surface area (Å²) in [6.07, 6.45) is -0.319. The van der Waals surface area contributed by atoms with Crippen molar-refractivity contribution in [2.24, 2.45) is 17.3 Å². The molecule has 184 valence electrons. The van der Waals surface area contributed by atoms with E-state index in [2.05, 4.69) is 20.0 Å². The Morgan fingerprint density at radius 3 is 2.47 bits per heavy atom. The fourth-order valence-electron chi connectivity index (χ4n) is 6.79. The SMILES string of the molecule is CC(C)n1nc(-c2ccnc(C(F)(F)F)n2)cc1[C@H]1[C@@H]2C[C@H](N3CCC4(C3)CS(=O)(=O)C4)C[C@@H]21. The zero-order valence-corrected chi connectivity index (χ0v) is 20.0. The molecule has 2 saturated heterocycles. The van der Waals surface area contributed by atoms with Crippen LogP contribution in [-0.4, -0.2) is 63.7 Å². The van der Waals surface area contributed by atoms with Crippen LogP contribution in [0.5, 0.6) is 0 Å². The van der Waals surface area contributed by atoms with Crippen LogP contribution < -0.4 is 0 Å². The van der Waals surface area contributed by atoms with Crippen molar-refractivity contribution in [3.8, 4) is 11.4 Å². The first kappa shape index (κ1) is 22.5. The van der Waals surface area contributed by atoms with Crippen LogP contribution in [0.25, 0.3) is 11.4 Å². The Labute approximate surface area is 196 Å². The number of rotatable bonds is 4. The van der Waals surface area contributed by atoms with Crippen LogP contribution in [0.4, 0.5) is 13.2 Å². The molecule has 0 unspecified atom stereocenters. The van der Waals surface area contributed by atoms with E-state index in [1.807, 2.05) is 24.6 Å². The first-order valence-electron chi connectivity index (χ1n) is 11.9. The lowest BCUT2D eigenvalue weighted by molar-refractivity contribution is -0.144. The van der Waals surface area contributed by atoms with Crippen LogP contribution in [0.3, 0.4) is 0 Å². The van der Waals surface area contributed by atoms with E-state index in [-0.39, 0.29) is 17.2 Å². The molecule has 4 fully saturated rings. The van der Waals surface area contributed by atoms with Gasteiger partial charge in [-0.15, -0.1) is 0 Å². The summed E-state index contributed by atoms with van der Waals surface area (Å²) in [6.45, 7) is 5.93. The van der Waals surface area contributed by atoms with Gasteiger partial charge in [0.2, 0.25) is 5.82 Å². The molecule has 0 radical (unpaired) electrons. The van der Waals surface area contributed by atoms with Gasteiger partial charge in [-0.2, -0.15) is 18.3 Å². The molecular weight excluding hydrogens is 467 g/mol. The van der Waals surface area contributed by atoms with Crippen LogP contribution in [0.2, 0.25) is 0 Å². The summed E-state index contributed by atoms with van der Waals surface area (Å²) in [5, 5.41) is 4.63. The minimum absolute atomic E-state index is 0.0109. The van der Waals surface area contributed by atoms with Gasteiger partial charge in [-0.3, -0.25) is 9.58 Å². The zero-order valence-electron chi connectivity index (χ0n) is 19.2. The smallest absolute Gasteiger partial charge is 0.300 e. The van der Waals surface area contributed by atoms with E-state index in [0.29, 0.717) is 41.0 Å². The molecule has 0 aromatic carbocycles. The highest BCUT2D eigenvalue weighted by molar-refractivity contribution is 7.92. The quantitative estimate of drug-likeness (QED) is 0.645. The first-order chi connectivity index (χ1) is 15.9. The second kappa shape index (κ2) is 7.25. The highest BCUT2D eigenvalue weighted by Crippen LogP contribution is 2.64. The monoisotopic (exact) mass is 495 g/mol. The predicted molar refractivity (Wildman–Crippen MR) is 119 cm³/mol. The molecule has 4 aliphatic rings. The highest BCUT2D eigenvalue weighted by atomic mass is 32.2. The van der Waals surface area contributed by atoms with E-state index in [4.69, 9.17) is 0 Å². The molecule has 7 nitrogen and oxygen atoms in total. The van der Waals surface area contributed by atoms with Crippen molar-refractivity contribution in [3.63, 3.8) is 0 Å². The Morgan fingerprint density at radius 2 is 1.85 bits per heavy atom. The molecule has 0 N–H and O–H groups in total. The van der Waals surface area contributed by atoms with Gasteiger partial charge in [0.25, 0.3) is 0 Å². The summed E-state index contributed by atoms with van der Waals surface area (Å²) in [5.74, 6) is 0.987. The van der Waals surface area contributed by atoms with Gasteiger partial charge in [0.05, 0.1) is 17.2 Å². The summed E-state index contributed by atoms with van der Waals surface area (Å²) >= 11 is 0. The Balaban J connectivity index is 1.17. The molecule has 2 aliphatic carbocycles. The second-order valence-corrected chi connectivity index (χ2v) is 13.1. The van der Waals surface area contributed by atoms with Gasteiger partial charge in [-0.25, -0.2) is 18.4 Å². The summed E-state index contributed by atoms with van der Waals surface area (Å²) in [6, 6.07) is 3.97. The van der Waals surface area contributed by atoms with E-state index in [1.165, 1.54) is 6.07 Å². The maximum atomic E-state index is 13.1.